The second-order valence-electron chi connectivity index (χ2n) is 5.06. The van der Waals surface area contributed by atoms with Gasteiger partial charge in [-0.25, -0.2) is 13.2 Å². The maximum atomic E-state index is 12.5. The topological polar surface area (TPSA) is 101 Å². The normalized spacial score (nSPS) is 23.1. The zero-order chi connectivity index (χ0) is 15.8. The first kappa shape index (κ1) is 15.9. The van der Waals surface area contributed by atoms with Gasteiger partial charge in [0, 0.05) is 13.1 Å². The molecule has 1 fully saturated rings. The monoisotopic (exact) mass is 333 g/mol. The predicted octanol–water partition coefficient (Wildman–Crippen LogP) is 1.02. The maximum Gasteiger partial charge on any atom is 0.348 e. The molecule has 1 atom stereocenters. The smallest absolute Gasteiger partial charge is 0.348 e. The van der Waals surface area contributed by atoms with Crippen LogP contribution in [0.25, 0.3) is 0 Å². The number of carboxylic acids is 1. The lowest BCUT2D eigenvalue weighted by molar-refractivity contribution is -0.146. The van der Waals surface area contributed by atoms with Gasteiger partial charge in [-0.05, 0) is 25.5 Å². The Morgan fingerprint density at radius 2 is 2.10 bits per heavy atom. The van der Waals surface area contributed by atoms with Gasteiger partial charge in [0.1, 0.15) is 9.09 Å². The fraction of sp³-hybridized carbons (Fsp3) is 0.500. The zero-order valence-corrected chi connectivity index (χ0v) is 13.2. The Morgan fingerprint density at radius 1 is 1.43 bits per heavy atom. The lowest BCUT2D eigenvalue weighted by Gasteiger charge is -2.19. The van der Waals surface area contributed by atoms with Crippen LogP contribution in [0.4, 0.5) is 0 Å². The number of thiophene rings is 1. The fourth-order valence-corrected chi connectivity index (χ4v) is 5.04. The van der Waals surface area contributed by atoms with Gasteiger partial charge in [0.15, 0.2) is 0 Å². The van der Waals surface area contributed by atoms with E-state index in [4.69, 9.17) is 5.11 Å². The number of carbonyl (C=O) groups excluding carboxylic acids is 1. The van der Waals surface area contributed by atoms with E-state index in [0.29, 0.717) is 0 Å². The van der Waals surface area contributed by atoms with Crippen molar-refractivity contribution in [2.75, 3.05) is 20.2 Å². The minimum Gasteiger partial charge on any atom is -0.481 e. The molecule has 1 aliphatic heterocycles. The van der Waals surface area contributed by atoms with Gasteiger partial charge in [-0.1, -0.05) is 0 Å². The van der Waals surface area contributed by atoms with Crippen molar-refractivity contribution < 1.29 is 27.9 Å². The van der Waals surface area contributed by atoms with Crippen molar-refractivity contribution in [3.63, 3.8) is 0 Å². The molecule has 1 aliphatic rings. The minimum absolute atomic E-state index is 0.0116. The van der Waals surface area contributed by atoms with Gasteiger partial charge < -0.3 is 9.84 Å². The molecule has 0 aliphatic carbocycles. The molecule has 1 unspecified atom stereocenters. The first-order valence-electron chi connectivity index (χ1n) is 6.12. The van der Waals surface area contributed by atoms with Crippen molar-refractivity contribution in [2.24, 2.45) is 5.41 Å². The Kier molecular flexibility index (Phi) is 4.09. The Morgan fingerprint density at radius 3 is 2.62 bits per heavy atom. The number of aliphatic carboxylic acids is 1. The van der Waals surface area contributed by atoms with E-state index in [9.17, 15) is 18.0 Å². The highest BCUT2D eigenvalue weighted by atomic mass is 32.2. The van der Waals surface area contributed by atoms with E-state index in [1.807, 2.05) is 0 Å². The molecule has 21 heavy (non-hydrogen) atoms. The number of esters is 1. The van der Waals surface area contributed by atoms with Crippen molar-refractivity contribution in [3.05, 3.63) is 17.0 Å². The third kappa shape index (κ3) is 2.81. The van der Waals surface area contributed by atoms with Crippen molar-refractivity contribution in [2.45, 2.75) is 17.6 Å². The molecular weight excluding hydrogens is 318 g/mol. The number of nitrogens with zero attached hydrogens (tertiary/aromatic N) is 1. The van der Waals surface area contributed by atoms with E-state index >= 15 is 0 Å². The Bertz CT molecular complexity index is 680. The van der Waals surface area contributed by atoms with Gasteiger partial charge in [0.05, 0.1) is 12.5 Å². The molecular formula is C12H15NO6S2. The summed E-state index contributed by atoms with van der Waals surface area (Å²) in [5.41, 5.74) is -1.07. The number of rotatable bonds is 4. The Balaban J connectivity index is 2.26. The zero-order valence-electron chi connectivity index (χ0n) is 11.5. The summed E-state index contributed by atoms with van der Waals surface area (Å²) in [6, 6.07) is 2.72. The van der Waals surface area contributed by atoms with Crippen molar-refractivity contribution in [1.29, 1.82) is 0 Å². The van der Waals surface area contributed by atoms with Crippen LogP contribution in [0.3, 0.4) is 0 Å². The van der Waals surface area contributed by atoms with E-state index in [0.717, 1.165) is 15.6 Å². The molecule has 0 saturated carbocycles. The second kappa shape index (κ2) is 5.39. The van der Waals surface area contributed by atoms with Crippen molar-refractivity contribution >= 4 is 33.3 Å². The van der Waals surface area contributed by atoms with E-state index < -0.39 is 27.4 Å². The molecule has 116 valence electrons. The molecule has 1 aromatic rings. The maximum absolute atomic E-state index is 12.5. The number of methoxy groups -OCH3 is 1. The molecule has 0 radical (unpaired) electrons. The third-order valence-corrected chi connectivity index (χ3v) is 6.89. The van der Waals surface area contributed by atoms with Crippen LogP contribution in [0.1, 0.15) is 23.0 Å². The summed E-state index contributed by atoms with van der Waals surface area (Å²) in [6.07, 6.45) is 0.261. The molecule has 0 amide bonds. The minimum atomic E-state index is -3.78. The Hall–Kier alpha value is -1.45. The van der Waals surface area contributed by atoms with Crippen molar-refractivity contribution in [3.8, 4) is 0 Å². The molecule has 1 aromatic heterocycles. The standard InChI is InChI=1S/C12H15NO6S2/c1-12(11(15)16)5-6-13(7-12)21(17,18)9-4-3-8(20-9)10(14)19-2/h3-4H,5-7H2,1-2H3,(H,15,16). The van der Waals surface area contributed by atoms with Crippen LogP contribution in [-0.2, 0) is 19.6 Å². The lowest BCUT2D eigenvalue weighted by Crippen LogP contribution is -2.34. The molecule has 0 bridgehead atoms. The first-order chi connectivity index (χ1) is 9.70. The predicted molar refractivity (Wildman–Crippen MR) is 74.8 cm³/mol. The Labute approximate surface area is 126 Å². The molecule has 1 saturated heterocycles. The largest absolute Gasteiger partial charge is 0.481 e. The quantitative estimate of drug-likeness (QED) is 0.826. The highest BCUT2D eigenvalue weighted by Gasteiger charge is 2.45. The fourth-order valence-electron chi connectivity index (χ4n) is 2.09. The third-order valence-electron chi connectivity index (χ3n) is 3.52. The van der Waals surface area contributed by atoms with Crippen LogP contribution in [0.15, 0.2) is 16.3 Å². The van der Waals surface area contributed by atoms with Crippen LogP contribution in [0.2, 0.25) is 0 Å². The average Bonchev–Trinajstić information content (AvgIpc) is 3.05. The molecule has 7 nitrogen and oxygen atoms in total. The molecule has 2 rings (SSSR count). The summed E-state index contributed by atoms with van der Waals surface area (Å²) in [7, 11) is -2.57. The number of hydrogen-bond acceptors (Lipinski definition) is 6. The average molecular weight is 333 g/mol. The van der Waals surface area contributed by atoms with Gasteiger partial charge in [-0.2, -0.15) is 4.31 Å². The van der Waals surface area contributed by atoms with Gasteiger partial charge in [-0.3, -0.25) is 4.79 Å². The lowest BCUT2D eigenvalue weighted by atomic mass is 9.90. The summed E-state index contributed by atoms with van der Waals surface area (Å²) in [6.45, 7) is 1.60. The molecule has 0 aromatic carbocycles. The summed E-state index contributed by atoms with van der Waals surface area (Å²) in [5.74, 6) is -1.61. The molecule has 1 N–H and O–H groups in total. The number of sulfonamides is 1. The van der Waals surface area contributed by atoms with Crippen LogP contribution in [0, 0.1) is 5.41 Å². The van der Waals surface area contributed by atoms with Gasteiger partial charge in [-0.15, -0.1) is 11.3 Å². The summed E-state index contributed by atoms with van der Waals surface area (Å²) < 4.78 is 30.6. The number of ether oxygens (including phenoxy) is 1. The molecule has 2 heterocycles. The van der Waals surface area contributed by atoms with E-state index in [1.165, 1.54) is 26.2 Å². The van der Waals surface area contributed by atoms with E-state index in [2.05, 4.69) is 4.74 Å². The summed E-state index contributed by atoms with van der Waals surface area (Å²) >= 11 is 0.816. The van der Waals surface area contributed by atoms with Crippen molar-refractivity contribution in [1.82, 2.24) is 4.31 Å². The highest BCUT2D eigenvalue weighted by Crippen LogP contribution is 2.35. The van der Waals surface area contributed by atoms with Crippen LogP contribution < -0.4 is 0 Å². The number of carboxylic acid groups (broad SMARTS) is 1. The van der Waals surface area contributed by atoms with E-state index in [-0.39, 0.29) is 28.6 Å². The molecule has 9 heteroatoms. The van der Waals surface area contributed by atoms with Gasteiger partial charge in [0.2, 0.25) is 0 Å². The molecule has 0 spiro atoms. The van der Waals surface area contributed by atoms with E-state index in [1.54, 1.807) is 0 Å². The van der Waals surface area contributed by atoms with Crippen LogP contribution in [-0.4, -0.2) is 50.0 Å². The highest BCUT2D eigenvalue weighted by molar-refractivity contribution is 7.91. The SMILES string of the molecule is COC(=O)c1ccc(S(=O)(=O)N2CCC(C)(C(=O)O)C2)s1. The number of hydrogen-bond donors (Lipinski definition) is 1. The second-order valence-corrected chi connectivity index (χ2v) is 8.31. The van der Waals surface area contributed by atoms with Gasteiger partial charge in [0.25, 0.3) is 10.0 Å². The van der Waals surface area contributed by atoms with Crippen LogP contribution >= 0.6 is 11.3 Å². The van der Waals surface area contributed by atoms with Gasteiger partial charge >= 0.3 is 11.9 Å². The number of carbonyl (C=O) groups is 2. The van der Waals surface area contributed by atoms with Crippen LogP contribution in [0.5, 0.6) is 0 Å². The summed E-state index contributed by atoms with van der Waals surface area (Å²) in [4.78, 5) is 22.7. The first-order valence-corrected chi connectivity index (χ1v) is 8.38. The summed E-state index contributed by atoms with van der Waals surface area (Å²) in [5, 5.41) is 9.16.